The Bertz CT molecular complexity index is 885. The van der Waals surface area contributed by atoms with Crippen LogP contribution in [0.25, 0.3) is 10.8 Å². The molecule has 1 atom stereocenters. The van der Waals surface area contributed by atoms with E-state index in [1.165, 1.54) is 0 Å². The zero-order valence-electron chi connectivity index (χ0n) is 14.0. The molecule has 0 aromatic heterocycles. The van der Waals surface area contributed by atoms with E-state index >= 15 is 0 Å². The first-order valence-corrected chi connectivity index (χ1v) is 8.25. The second-order valence-corrected chi connectivity index (χ2v) is 5.96. The van der Waals surface area contributed by atoms with Gasteiger partial charge in [-0.05, 0) is 35.4 Å². The van der Waals surface area contributed by atoms with Gasteiger partial charge in [0.1, 0.15) is 6.04 Å². The van der Waals surface area contributed by atoms with Crippen LogP contribution >= 0.6 is 0 Å². The fourth-order valence-corrected chi connectivity index (χ4v) is 2.75. The summed E-state index contributed by atoms with van der Waals surface area (Å²) in [5, 5.41) is 7.71. The van der Waals surface area contributed by atoms with Gasteiger partial charge in [0.15, 0.2) is 0 Å². The maximum Gasteiger partial charge on any atom is 0.246 e. The third-order valence-corrected chi connectivity index (χ3v) is 4.04. The lowest BCUT2D eigenvalue weighted by atomic mass is 10.0. The topological polar surface area (TPSA) is 58.2 Å². The predicted octanol–water partition coefficient (Wildman–Crippen LogP) is 3.53. The Balaban J connectivity index is 1.62. The minimum absolute atomic E-state index is 0.174. The van der Waals surface area contributed by atoms with Gasteiger partial charge in [-0.25, -0.2) is 0 Å². The molecule has 3 aromatic carbocycles. The average Bonchev–Trinajstić information content (AvgIpc) is 2.63. The van der Waals surface area contributed by atoms with E-state index in [0.29, 0.717) is 5.69 Å². The zero-order chi connectivity index (χ0) is 17.6. The summed E-state index contributed by atoms with van der Waals surface area (Å²) >= 11 is 0. The standard InChI is InChI=1S/C21H20N2O2/c1-15(21(25)23-18-11-3-2-4-12-18)22-20(24)14-17-10-7-9-16-8-5-6-13-19(16)17/h2-13,15H,14H2,1H3,(H,22,24)(H,23,25). The zero-order valence-corrected chi connectivity index (χ0v) is 14.0. The van der Waals surface area contributed by atoms with Gasteiger partial charge in [-0.1, -0.05) is 60.7 Å². The van der Waals surface area contributed by atoms with Crippen LogP contribution in [-0.2, 0) is 16.0 Å². The van der Waals surface area contributed by atoms with Crippen LogP contribution in [0.4, 0.5) is 5.69 Å². The van der Waals surface area contributed by atoms with E-state index in [1.54, 1.807) is 6.92 Å². The highest BCUT2D eigenvalue weighted by Crippen LogP contribution is 2.18. The number of benzene rings is 3. The summed E-state index contributed by atoms with van der Waals surface area (Å²) in [6, 6.07) is 22.4. The van der Waals surface area contributed by atoms with Crippen molar-refractivity contribution in [2.75, 3.05) is 5.32 Å². The van der Waals surface area contributed by atoms with Gasteiger partial charge in [-0.3, -0.25) is 9.59 Å². The van der Waals surface area contributed by atoms with E-state index in [4.69, 9.17) is 0 Å². The van der Waals surface area contributed by atoms with Crippen molar-refractivity contribution in [3.05, 3.63) is 78.4 Å². The Morgan fingerprint density at radius 3 is 2.36 bits per heavy atom. The number of carbonyl (C=O) groups excluding carboxylic acids is 2. The molecule has 3 rings (SSSR count). The lowest BCUT2D eigenvalue weighted by Gasteiger charge is -2.14. The Hall–Kier alpha value is -3.14. The van der Waals surface area contributed by atoms with E-state index in [1.807, 2.05) is 72.8 Å². The number of nitrogens with one attached hydrogen (secondary N) is 2. The van der Waals surface area contributed by atoms with Crippen LogP contribution in [0.1, 0.15) is 12.5 Å². The first kappa shape index (κ1) is 16.7. The highest BCUT2D eigenvalue weighted by Gasteiger charge is 2.16. The summed E-state index contributed by atoms with van der Waals surface area (Å²) < 4.78 is 0. The van der Waals surface area contributed by atoms with E-state index in [0.717, 1.165) is 16.3 Å². The molecule has 0 aliphatic heterocycles. The second kappa shape index (κ2) is 7.62. The number of carbonyl (C=O) groups is 2. The lowest BCUT2D eigenvalue weighted by Crippen LogP contribution is -2.42. The molecular weight excluding hydrogens is 312 g/mol. The van der Waals surface area contributed by atoms with Crippen molar-refractivity contribution in [3.63, 3.8) is 0 Å². The molecular formula is C21H20N2O2. The number of rotatable bonds is 5. The molecule has 0 aliphatic carbocycles. The molecule has 4 nitrogen and oxygen atoms in total. The molecule has 1 unspecified atom stereocenters. The number of fused-ring (bicyclic) bond motifs is 1. The Morgan fingerprint density at radius 2 is 1.56 bits per heavy atom. The normalized spacial score (nSPS) is 11.7. The third-order valence-electron chi connectivity index (χ3n) is 4.04. The summed E-state index contributed by atoms with van der Waals surface area (Å²) in [4.78, 5) is 24.5. The minimum Gasteiger partial charge on any atom is -0.344 e. The average molecular weight is 332 g/mol. The smallest absolute Gasteiger partial charge is 0.246 e. The van der Waals surface area contributed by atoms with Crippen LogP contribution in [0.2, 0.25) is 0 Å². The maximum atomic E-state index is 12.3. The van der Waals surface area contributed by atoms with Gasteiger partial charge < -0.3 is 10.6 Å². The first-order valence-electron chi connectivity index (χ1n) is 8.25. The Labute approximate surface area is 146 Å². The molecule has 25 heavy (non-hydrogen) atoms. The SMILES string of the molecule is CC(NC(=O)Cc1cccc2ccccc12)C(=O)Nc1ccccc1. The number of hydrogen-bond donors (Lipinski definition) is 2. The number of para-hydroxylation sites is 1. The van der Waals surface area contributed by atoms with Crippen molar-refractivity contribution in [3.8, 4) is 0 Å². The van der Waals surface area contributed by atoms with Crippen LogP contribution in [-0.4, -0.2) is 17.9 Å². The lowest BCUT2D eigenvalue weighted by molar-refractivity contribution is -0.125. The number of hydrogen-bond acceptors (Lipinski definition) is 2. The van der Waals surface area contributed by atoms with Crippen molar-refractivity contribution in [1.29, 1.82) is 0 Å². The Morgan fingerprint density at radius 1 is 0.880 bits per heavy atom. The highest BCUT2D eigenvalue weighted by molar-refractivity contribution is 5.97. The van der Waals surface area contributed by atoms with Crippen molar-refractivity contribution < 1.29 is 9.59 Å². The molecule has 0 saturated heterocycles. The summed E-state index contributed by atoms with van der Waals surface area (Å²) in [5.74, 6) is -0.412. The number of amides is 2. The minimum atomic E-state index is -0.609. The van der Waals surface area contributed by atoms with E-state index in [2.05, 4.69) is 10.6 Å². The maximum absolute atomic E-state index is 12.3. The van der Waals surface area contributed by atoms with Crippen molar-refractivity contribution in [1.82, 2.24) is 5.32 Å². The molecule has 0 radical (unpaired) electrons. The first-order chi connectivity index (χ1) is 12.1. The van der Waals surface area contributed by atoms with Crippen LogP contribution in [0.5, 0.6) is 0 Å². The monoisotopic (exact) mass is 332 g/mol. The van der Waals surface area contributed by atoms with Crippen LogP contribution in [0.3, 0.4) is 0 Å². The molecule has 4 heteroatoms. The molecule has 0 fully saturated rings. The van der Waals surface area contributed by atoms with Gasteiger partial charge in [-0.15, -0.1) is 0 Å². The second-order valence-electron chi connectivity index (χ2n) is 5.96. The van der Waals surface area contributed by atoms with Crippen molar-refractivity contribution in [2.45, 2.75) is 19.4 Å². The fourth-order valence-electron chi connectivity index (χ4n) is 2.75. The van der Waals surface area contributed by atoms with Crippen molar-refractivity contribution >= 4 is 28.3 Å². The fraction of sp³-hybridized carbons (Fsp3) is 0.143. The van der Waals surface area contributed by atoms with Gasteiger partial charge in [-0.2, -0.15) is 0 Å². The van der Waals surface area contributed by atoms with Crippen LogP contribution in [0, 0.1) is 0 Å². The van der Waals surface area contributed by atoms with Crippen LogP contribution in [0.15, 0.2) is 72.8 Å². The molecule has 0 heterocycles. The van der Waals surface area contributed by atoms with Gasteiger partial charge in [0.25, 0.3) is 0 Å². The summed E-state index contributed by atoms with van der Waals surface area (Å²) in [6.45, 7) is 1.68. The molecule has 126 valence electrons. The molecule has 0 spiro atoms. The molecule has 0 bridgehead atoms. The molecule has 2 amide bonds. The summed E-state index contributed by atoms with van der Waals surface area (Å²) in [5.41, 5.74) is 1.66. The summed E-state index contributed by atoms with van der Waals surface area (Å²) in [7, 11) is 0. The van der Waals surface area contributed by atoms with Gasteiger partial charge in [0.05, 0.1) is 6.42 Å². The van der Waals surface area contributed by atoms with Gasteiger partial charge in [0, 0.05) is 5.69 Å². The molecule has 2 N–H and O–H groups in total. The molecule has 0 saturated carbocycles. The largest absolute Gasteiger partial charge is 0.344 e. The van der Waals surface area contributed by atoms with E-state index in [9.17, 15) is 9.59 Å². The number of anilines is 1. The van der Waals surface area contributed by atoms with Gasteiger partial charge >= 0.3 is 0 Å². The quantitative estimate of drug-likeness (QED) is 0.751. The summed E-state index contributed by atoms with van der Waals surface area (Å²) in [6.07, 6.45) is 0.240. The van der Waals surface area contributed by atoms with Gasteiger partial charge in [0.2, 0.25) is 11.8 Å². The molecule has 3 aromatic rings. The highest BCUT2D eigenvalue weighted by atomic mass is 16.2. The third kappa shape index (κ3) is 4.23. The predicted molar refractivity (Wildman–Crippen MR) is 100 cm³/mol. The van der Waals surface area contributed by atoms with Crippen molar-refractivity contribution in [2.24, 2.45) is 0 Å². The molecule has 0 aliphatic rings. The van der Waals surface area contributed by atoms with E-state index in [-0.39, 0.29) is 18.2 Å². The van der Waals surface area contributed by atoms with Crippen LogP contribution < -0.4 is 10.6 Å². The van der Waals surface area contributed by atoms with E-state index < -0.39 is 6.04 Å². The Kier molecular flexibility index (Phi) is 5.09.